The zero-order valence-corrected chi connectivity index (χ0v) is 11.7. The number of nitrogens with zero attached hydrogens (tertiary/aromatic N) is 2. The number of nitrogens with two attached hydrogens (primary N) is 1. The van der Waals surface area contributed by atoms with Crippen molar-refractivity contribution in [1.29, 1.82) is 0 Å². The molecule has 1 heterocycles. The number of aromatic nitrogens is 2. The Morgan fingerprint density at radius 2 is 2.10 bits per heavy atom. The molecule has 1 aromatic heterocycles. The molecule has 2 aromatic rings. The van der Waals surface area contributed by atoms with Gasteiger partial charge in [-0.05, 0) is 25.0 Å². The van der Waals surface area contributed by atoms with Gasteiger partial charge >= 0.3 is 0 Å². The van der Waals surface area contributed by atoms with Gasteiger partial charge in [0.2, 0.25) is 5.95 Å². The van der Waals surface area contributed by atoms with Crippen LogP contribution in [0.5, 0.6) is 0 Å². The first-order valence-corrected chi connectivity index (χ1v) is 6.38. The molecule has 2 rings (SSSR count). The van der Waals surface area contributed by atoms with Gasteiger partial charge in [-0.15, -0.1) is 0 Å². The number of para-hydroxylation sites is 1. The first-order chi connectivity index (χ1) is 9.74. The zero-order valence-electron chi connectivity index (χ0n) is 11.7. The molecule has 6 heteroatoms. The van der Waals surface area contributed by atoms with Crippen LogP contribution in [-0.4, -0.2) is 23.7 Å². The molecule has 0 saturated heterocycles. The van der Waals surface area contributed by atoms with E-state index in [4.69, 9.17) is 10.6 Å². The summed E-state index contributed by atoms with van der Waals surface area (Å²) in [7, 11) is 1.70. The van der Waals surface area contributed by atoms with Crippen LogP contribution in [0, 0.1) is 6.92 Å². The first kappa shape index (κ1) is 14.2. The summed E-state index contributed by atoms with van der Waals surface area (Å²) in [5, 5.41) is 3.32. The largest absolute Gasteiger partial charge is 0.384 e. The molecule has 20 heavy (non-hydrogen) atoms. The van der Waals surface area contributed by atoms with Gasteiger partial charge in [0.05, 0.1) is 6.61 Å². The summed E-state index contributed by atoms with van der Waals surface area (Å²) in [5.74, 6) is 6.45. The van der Waals surface area contributed by atoms with Crippen molar-refractivity contribution in [3.05, 3.63) is 41.6 Å². The molecule has 0 unspecified atom stereocenters. The predicted molar refractivity (Wildman–Crippen MR) is 79.9 cm³/mol. The fraction of sp³-hybridized carbons (Fsp3) is 0.286. The fourth-order valence-corrected chi connectivity index (χ4v) is 1.84. The van der Waals surface area contributed by atoms with E-state index >= 15 is 0 Å². The van der Waals surface area contributed by atoms with Crippen LogP contribution in [-0.2, 0) is 11.2 Å². The summed E-state index contributed by atoms with van der Waals surface area (Å²) in [5.41, 5.74) is 5.58. The second kappa shape index (κ2) is 6.83. The van der Waals surface area contributed by atoms with Crippen molar-refractivity contribution in [1.82, 2.24) is 9.97 Å². The molecule has 6 nitrogen and oxygen atoms in total. The standard InChI is InChI=1S/C14H19N5O/c1-10-9-16-14(19-15)18-13(10)17-12-6-4-3-5-11(12)7-8-20-2/h3-6,9H,7-8,15H2,1-2H3,(H2,16,17,18,19). The molecule has 4 N–H and O–H groups in total. The summed E-state index contributed by atoms with van der Waals surface area (Å²) in [4.78, 5) is 8.38. The van der Waals surface area contributed by atoms with Gasteiger partial charge < -0.3 is 10.1 Å². The number of nitrogens with one attached hydrogen (secondary N) is 2. The summed E-state index contributed by atoms with van der Waals surface area (Å²) in [6, 6.07) is 8.08. The number of methoxy groups -OCH3 is 1. The quantitative estimate of drug-likeness (QED) is 0.551. The highest BCUT2D eigenvalue weighted by atomic mass is 16.5. The molecule has 0 aliphatic heterocycles. The van der Waals surface area contributed by atoms with Crippen LogP contribution < -0.4 is 16.6 Å². The minimum atomic E-state index is 0.382. The predicted octanol–water partition coefficient (Wildman–Crippen LogP) is 2.00. The zero-order chi connectivity index (χ0) is 14.4. The van der Waals surface area contributed by atoms with E-state index in [2.05, 4.69) is 26.8 Å². The maximum atomic E-state index is 5.34. The van der Waals surface area contributed by atoms with E-state index in [-0.39, 0.29) is 0 Å². The Labute approximate surface area is 118 Å². The normalized spacial score (nSPS) is 10.3. The van der Waals surface area contributed by atoms with Crippen molar-refractivity contribution in [3.8, 4) is 0 Å². The molecule has 0 spiro atoms. The number of benzene rings is 1. The molecular formula is C14H19N5O. The molecule has 0 bridgehead atoms. The van der Waals surface area contributed by atoms with Crippen LogP contribution in [0.15, 0.2) is 30.5 Å². The number of hydrogen-bond acceptors (Lipinski definition) is 6. The van der Waals surface area contributed by atoms with E-state index in [1.165, 1.54) is 5.56 Å². The smallest absolute Gasteiger partial charge is 0.239 e. The van der Waals surface area contributed by atoms with Gasteiger partial charge in [0.1, 0.15) is 5.82 Å². The number of rotatable bonds is 6. The van der Waals surface area contributed by atoms with E-state index in [0.29, 0.717) is 12.6 Å². The van der Waals surface area contributed by atoms with Gasteiger partial charge in [-0.3, -0.25) is 5.43 Å². The summed E-state index contributed by atoms with van der Waals surface area (Å²) < 4.78 is 5.13. The van der Waals surface area contributed by atoms with Gasteiger partial charge in [0.15, 0.2) is 0 Å². The number of nitrogen functional groups attached to an aromatic ring is 1. The van der Waals surface area contributed by atoms with Gasteiger partial charge in [-0.25, -0.2) is 10.8 Å². The highest BCUT2D eigenvalue weighted by Gasteiger charge is 2.06. The van der Waals surface area contributed by atoms with Crippen molar-refractivity contribution in [2.45, 2.75) is 13.3 Å². The molecule has 0 fully saturated rings. The molecule has 0 saturated carbocycles. The third-order valence-corrected chi connectivity index (χ3v) is 2.95. The average Bonchev–Trinajstić information content (AvgIpc) is 2.48. The van der Waals surface area contributed by atoms with Crippen molar-refractivity contribution in [3.63, 3.8) is 0 Å². The minimum absolute atomic E-state index is 0.382. The Balaban J connectivity index is 2.25. The Morgan fingerprint density at radius 1 is 1.30 bits per heavy atom. The molecule has 0 aliphatic rings. The van der Waals surface area contributed by atoms with Crippen LogP contribution in [0.3, 0.4) is 0 Å². The van der Waals surface area contributed by atoms with Crippen LogP contribution in [0.25, 0.3) is 0 Å². The maximum Gasteiger partial charge on any atom is 0.239 e. The van der Waals surface area contributed by atoms with Crippen molar-refractivity contribution in [2.75, 3.05) is 24.5 Å². The van der Waals surface area contributed by atoms with Crippen LogP contribution in [0.4, 0.5) is 17.5 Å². The van der Waals surface area contributed by atoms with Crippen molar-refractivity contribution in [2.24, 2.45) is 5.84 Å². The number of anilines is 3. The van der Waals surface area contributed by atoms with E-state index < -0.39 is 0 Å². The molecule has 0 amide bonds. The van der Waals surface area contributed by atoms with E-state index in [0.717, 1.165) is 23.5 Å². The molecular weight excluding hydrogens is 254 g/mol. The lowest BCUT2D eigenvalue weighted by molar-refractivity contribution is 0.202. The van der Waals surface area contributed by atoms with Gasteiger partial charge in [0, 0.05) is 24.6 Å². The summed E-state index contributed by atoms with van der Waals surface area (Å²) in [6.07, 6.45) is 2.56. The number of hydrogen-bond donors (Lipinski definition) is 3. The lowest BCUT2D eigenvalue weighted by Gasteiger charge is -2.13. The molecule has 106 valence electrons. The summed E-state index contributed by atoms with van der Waals surface area (Å²) >= 11 is 0. The minimum Gasteiger partial charge on any atom is -0.384 e. The lowest BCUT2D eigenvalue weighted by atomic mass is 10.1. The van der Waals surface area contributed by atoms with Crippen LogP contribution >= 0.6 is 0 Å². The van der Waals surface area contributed by atoms with Crippen LogP contribution in [0.1, 0.15) is 11.1 Å². The second-order valence-corrected chi connectivity index (χ2v) is 4.39. The molecule has 1 aromatic carbocycles. The topological polar surface area (TPSA) is 85.1 Å². The number of hydrazine groups is 1. The second-order valence-electron chi connectivity index (χ2n) is 4.39. The monoisotopic (exact) mass is 273 g/mol. The Bertz CT molecular complexity index is 573. The van der Waals surface area contributed by atoms with E-state index in [1.807, 2.05) is 25.1 Å². The molecule has 0 radical (unpaired) electrons. The Hall–Kier alpha value is -2.18. The third kappa shape index (κ3) is 3.43. The third-order valence-electron chi connectivity index (χ3n) is 2.95. The lowest BCUT2D eigenvalue weighted by Crippen LogP contribution is -2.12. The van der Waals surface area contributed by atoms with Gasteiger partial charge in [0.25, 0.3) is 0 Å². The number of aryl methyl sites for hydroxylation is 1. The van der Waals surface area contributed by atoms with Gasteiger partial charge in [-0.1, -0.05) is 18.2 Å². The highest BCUT2D eigenvalue weighted by molar-refractivity contribution is 5.63. The first-order valence-electron chi connectivity index (χ1n) is 6.38. The van der Waals surface area contributed by atoms with E-state index in [1.54, 1.807) is 13.3 Å². The highest BCUT2D eigenvalue weighted by Crippen LogP contribution is 2.22. The SMILES string of the molecule is COCCc1ccccc1Nc1nc(NN)ncc1C. The summed E-state index contributed by atoms with van der Waals surface area (Å²) in [6.45, 7) is 2.62. The van der Waals surface area contributed by atoms with Crippen molar-refractivity contribution < 1.29 is 4.74 Å². The van der Waals surface area contributed by atoms with Gasteiger partial charge in [-0.2, -0.15) is 4.98 Å². The fourth-order valence-electron chi connectivity index (χ4n) is 1.84. The Kier molecular flexibility index (Phi) is 4.86. The molecule has 0 atom stereocenters. The van der Waals surface area contributed by atoms with Crippen molar-refractivity contribution >= 4 is 17.5 Å². The van der Waals surface area contributed by atoms with E-state index in [9.17, 15) is 0 Å². The Morgan fingerprint density at radius 3 is 2.85 bits per heavy atom. The molecule has 0 aliphatic carbocycles. The maximum absolute atomic E-state index is 5.34. The number of ether oxygens (including phenoxy) is 1. The van der Waals surface area contributed by atoms with Crippen LogP contribution in [0.2, 0.25) is 0 Å². The average molecular weight is 273 g/mol.